The van der Waals surface area contributed by atoms with Gasteiger partial charge in [0.05, 0.1) is 28.8 Å². The van der Waals surface area contributed by atoms with Gasteiger partial charge in [-0.1, -0.05) is 37.5 Å². The molecule has 7 nitrogen and oxygen atoms in total. The molecule has 2 saturated carbocycles. The summed E-state index contributed by atoms with van der Waals surface area (Å²) in [6, 6.07) is 6.36. The molecular weight excluding hydrogens is 533 g/mol. The first-order chi connectivity index (χ1) is 19.7. The molecule has 0 bridgehead atoms. The summed E-state index contributed by atoms with van der Waals surface area (Å²) < 4.78 is 39.5. The van der Waals surface area contributed by atoms with Crippen LogP contribution in [0, 0.1) is 0 Å². The van der Waals surface area contributed by atoms with Crippen LogP contribution >= 0.6 is 0 Å². The van der Waals surface area contributed by atoms with Crippen molar-refractivity contribution in [2.75, 3.05) is 6.54 Å². The molecule has 0 saturated heterocycles. The van der Waals surface area contributed by atoms with Crippen LogP contribution < -0.4 is 5.56 Å². The highest BCUT2D eigenvalue weighted by molar-refractivity contribution is 5.82. The van der Waals surface area contributed by atoms with E-state index in [2.05, 4.69) is 16.0 Å². The van der Waals surface area contributed by atoms with Crippen LogP contribution in [0.5, 0.6) is 0 Å². The second kappa shape index (κ2) is 10.7. The fraction of sp³-hybridized carbons (Fsp3) is 0.484. The number of amides is 1. The van der Waals surface area contributed by atoms with Gasteiger partial charge >= 0.3 is 6.18 Å². The van der Waals surface area contributed by atoms with E-state index in [0.29, 0.717) is 35.8 Å². The smallest absolute Gasteiger partial charge is 0.378 e. The topological polar surface area (TPSA) is 99.2 Å². The van der Waals surface area contributed by atoms with Crippen LogP contribution in [0.3, 0.4) is 0 Å². The summed E-state index contributed by atoms with van der Waals surface area (Å²) in [6.45, 7) is 0.178. The van der Waals surface area contributed by atoms with Crippen molar-refractivity contribution < 1.29 is 23.1 Å². The van der Waals surface area contributed by atoms with Gasteiger partial charge in [-0.3, -0.25) is 14.6 Å². The number of aliphatic hydroxyl groups excluding tert-OH is 1. The van der Waals surface area contributed by atoms with Crippen molar-refractivity contribution in [3.05, 3.63) is 92.4 Å². The Bertz CT molecular complexity index is 1510. The number of fused-ring (bicyclic) bond motifs is 1. The molecular formula is C31H33F3N4O3. The summed E-state index contributed by atoms with van der Waals surface area (Å²) in [5.41, 5.74) is 1.49. The number of benzene rings is 1. The number of alkyl halides is 3. The molecule has 10 heteroatoms. The minimum Gasteiger partial charge on any atom is -0.378 e. The van der Waals surface area contributed by atoms with Gasteiger partial charge in [-0.15, -0.1) is 0 Å². The van der Waals surface area contributed by atoms with Crippen molar-refractivity contribution in [2.24, 2.45) is 0 Å². The number of rotatable bonds is 5. The highest BCUT2D eigenvalue weighted by Gasteiger charge is 2.49. The fourth-order valence-corrected chi connectivity index (χ4v) is 6.40. The second-order valence-corrected chi connectivity index (χ2v) is 11.7. The molecule has 1 amide bonds. The number of H-pyrrole nitrogens is 1. The lowest BCUT2D eigenvalue weighted by molar-refractivity contribution is -0.142. The predicted octanol–water partition coefficient (Wildman–Crippen LogP) is 5.32. The Kier molecular flexibility index (Phi) is 7.21. The molecule has 1 unspecified atom stereocenters. The van der Waals surface area contributed by atoms with Crippen molar-refractivity contribution >= 4 is 5.91 Å². The van der Waals surface area contributed by atoms with E-state index in [4.69, 9.17) is 4.98 Å². The number of pyridine rings is 1. The van der Waals surface area contributed by atoms with Crippen LogP contribution in [-0.2, 0) is 29.4 Å². The third-order valence-electron chi connectivity index (χ3n) is 8.96. The summed E-state index contributed by atoms with van der Waals surface area (Å²) in [5.74, 6) is 0.387. The van der Waals surface area contributed by atoms with E-state index >= 15 is 0 Å². The molecule has 3 aromatic rings. The van der Waals surface area contributed by atoms with Crippen LogP contribution in [0.2, 0.25) is 0 Å². The third kappa shape index (κ3) is 5.41. The van der Waals surface area contributed by atoms with Crippen molar-refractivity contribution in [1.82, 2.24) is 19.9 Å². The first kappa shape index (κ1) is 27.6. The van der Waals surface area contributed by atoms with Crippen LogP contribution in [0.15, 0.2) is 47.5 Å². The Balaban J connectivity index is 1.24. The monoisotopic (exact) mass is 566 g/mol. The number of carbonyl (C=O) groups is 1. The zero-order valence-electron chi connectivity index (χ0n) is 22.7. The predicted molar refractivity (Wildman–Crippen MR) is 145 cm³/mol. The molecule has 3 heterocycles. The molecule has 41 heavy (non-hydrogen) atoms. The summed E-state index contributed by atoms with van der Waals surface area (Å²) in [5, 5.41) is 10.7. The van der Waals surface area contributed by atoms with Crippen molar-refractivity contribution in [3.8, 4) is 0 Å². The lowest BCUT2D eigenvalue weighted by Crippen LogP contribution is -2.36. The maximum atomic E-state index is 13.4. The van der Waals surface area contributed by atoms with Gasteiger partial charge in [-0.25, -0.2) is 4.98 Å². The Morgan fingerprint density at radius 1 is 1.10 bits per heavy atom. The van der Waals surface area contributed by atoms with Crippen molar-refractivity contribution in [3.63, 3.8) is 0 Å². The number of aromatic amines is 1. The SMILES string of the molecule is O=C(C(O)c1cccc(C(F)(F)F)c1)N1CCCc2nc(C3(c4cncc(C5CCCCC5)c4)CC3)[nH]c(=O)c2C1. The van der Waals surface area contributed by atoms with Crippen LogP contribution in [0.25, 0.3) is 0 Å². The third-order valence-corrected chi connectivity index (χ3v) is 8.96. The van der Waals surface area contributed by atoms with Gasteiger partial charge < -0.3 is 15.0 Å². The van der Waals surface area contributed by atoms with E-state index in [1.165, 1.54) is 48.6 Å². The molecule has 0 spiro atoms. The van der Waals surface area contributed by atoms with Crippen molar-refractivity contribution in [2.45, 2.75) is 87.9 Å². The minimum atomic E-state index is -4.59. The number of hydrogen-bond acceptors (Lipinski definition) is 5. The first-order valence-corrected chi connectivity index (χ1v) is 14.4. The maximum absolute atomic E-state index is 13.4. The number of aliphatic hydroxyl groups is 1. The molecule has 2 aliphatic carbocycles. The first-order valence-electron chi connectivity index (χ1n) is 14.4. The van der Waals surface area contributed by atoms with E-state index in [0.717, 1.165) is 36.6 Å². The van der Waals surface area contributed by atoms with E-state index in [9.17, 15) is 27.9 Å². The van der Waals surface area contributed by atoms with Gasteiger partial charge in [-0.05, 0) is 73.3 Å². The molecule has 3 aliphatic rings. The lowest BCUT2D eigenvalue weighted by atomic mass is 9.83. The molecule has 216 valence electrons. The number of nitrogens with one attached hydrogen (secondary N) is 1. The molecule has 2 fully saturated rings. The van der Waals surface area contributed by atoms with Crippen LogP contribution in [0.4, 0.5) is 13.2 Å². The van der Waals surface area contributed by atoms with Crippen molar-refractivity contribution in [1.29, 1.82) is 0 Å². The van der Waals surface area contributed by atoms with Gasteiger partial charge in [0.1, 0.15) is 5.82 Å². The van der Waals surface area contributed by atoms with Gasteiger partial charge in [0, 0.05) is 18.9 Å². The molecule has 0 radical (unpaired) electrons. The number of aromatic nitrogens is 3. The van der Waals surface area contributed by atoms with Gasteiger partial charge in [0.25, 0.3) is 11.5 Å². The average molecular weight is 567 g/mol. The average Bonchev–Trinajstić information content (AvgIpc) is 3.81. The highest BCUT2D eigenvalue weighted by Crippen LogP contribution is 2.52. The van der Waals surface area contributed by atoms with Gasteiger partial charge in [0.15, 0.2) is 6.10 Å². The molecule has 1 aromatic carbocycles. The Morgan fingerprint density at radius 3 is 2.61 bits per heavy atom. The summed E-state index contributed by atoms with van der Waals surface area (Å²) >= 11 is 0. The normalized spacial score (nSPS) is 19.8. The molecule has 1 atom stereocenters. The van der Waals surface area contributed by atoms with Crippen LogP contribution in [0.1, 0.15) is 103 Å². The van der Waals surface area contributed by atoms with E-state index < -0.39 is 23.8 Å². The Labute approximate surface area is 235 Å². The Morgan fingerprint density at radius 2 is 1.88 bits per heavy atom. The quantitative estimate of drug-likeness (QED) is 0.436. The zero-order chi connectivity index (χ0) is 28.8. The number of halogens is 3. The van der Waals surface area contributed by atoms with Gasteiger partial charge in [0.2, 0.25) is 0 Å². The Hall–Kier alpha value is -3.53. The molecule has 2 aromatic heterocycles. The lowest BCUT2D eigenvalue weighted by Gasteiger charge is -2.24. The largest absolute Gasteiger partial charge is 0.416 e. The molecule has 2 N–H and O–H groups in total. The second-order valence-electron chi connectivity index (χ2n) is 11.7. The number of nitrogens with zero attached hydrogens (tertiary/aromatic N) is 3. The standard InChI is InChI=1S/C31H33F3N4O3/c32-31(33,34)22-9-4-8-20(14-22)26(39)28(41)38-13-5-10-25-24(18-38)27(40)37-29(36-25)30(11-12-30)23-15-21(16-35-17-23)19-6-2-1-3-7-19/h4,8-9,14-17,19,26,39H,1-3,5-7,10-13,18H2,(H,36,37,40). The molecule has 1 aliphatic heterocycles. The van der Waals surface area contributed by atoms with E-state index in [1.54, 1.807) is 0 Å². The maximum Gasteiger partial charge on any atom is 0.416 e. The summed E-state index contributed by atoms with van der Waals surface area (Å²) in [4.78, 5) is 40.3. The summed E-state index contributed by atoms with van der Waals surface area (Å²) in [6.07, 6.45) is 6.26. The van der Waals surface area contributed by atoms with Gasteiger partial charge in [-0.2, -0.15) is 13.2 Å². The van der Waals surface area contributed by atoms with E-state index in [1.807, 2.05) is 12.4 Å². The molecule has 6 rings (SSSR count). The minimum absolute atomic E-state index is 0.0709. The number of aryl methyl sites for hydroxylation is 1. The fourth-order valence-electron chi connectivity index (χ4n) is 6.40. The number of carbonyl (C=O) groups excluding carboxylic acids is 1. The highest BCUT2D eigenvalue weighted by atomic mass is 19.4. The van der Waals surface area contributed by atoms with Crippen LogP contribution in [-0.4, -0.2) is 37.4 Å². The summed E-state index contributed by atoms with van der Waals surface area (Å²) in [7, 11) is 0. The number of hydrogen-bond donors (Lipinski definition) is 2. The zero-order valence-corrected chi connectivity index (χ0v) is 22.7. The van der Waals surface area contributed by atoms with E-state index in [-0.39, 0.29) is 29.6 Å².